The molecule has 1 fully saturated rings. The number of amides is 1. The number of nitro groups is 1. The number of anilines is 1. The molecule has 0 bridgehead atoms. The van der Waals surface area contributed by atoms with Gasteiger partial charge in [0.25, 0.3) is 11.9 Å². The molecule has 28 heavy (non-hydrogen) atoms. The van der Waals surface area contributed by atoms with Gasteiger partial charge in [-0.25, -0.2) is 0 Å². The smallest absolute Gasteiger partial charge is 0.256 e. The van der Waals surface area contributed by atoms with Gasteiger partial charge in [-0.3, -0.25) is 19.8 Å². The van der Waals surface area contributed by atoms with Gasteiger partial charge in [-0.1, -0.05) is 34.1 Å². The van der Waals surface area contributed by atoms with Crippen molar-refractivity contribution in [1.82, 2.24) is 4.90 Å². The van der Waals surface area contributed by atoms with Gasteiger partial charge < -0.3 is 10.1 Å². The molecule has 7 nitrogen and oxygen atoms in total. The van der Waals surface area contributed by atoms with Gasteiger partial charge in [0.2, 0.25) is 0 Å². The Morgan fingerprint density at radius 1 is 1.36 bits per heavy atom. The van der Waals surface area contributed by atoms with Crippen molar-refractivity contribution in [2.75, 3.05) is 25.5 Å². The first-order valence-electron chi connectivity index (χ1n) is 9.09. The first-order chi connectivity index (χ1) is 13.4. The molecule has 0 radical (unpaired) electrons. The lowest BCUT2D eigenvalue weighted by atomic mass is 9.79. The van der Waals surface area contributed by atoms with Gasteiger partial charge in [-0.2, -0.15) is 0 Å². The molecule has 2 aliphatic heterocycles. The lowest BCUT2D eigenvalue weighted by Gasteiger charge is -2.30. The SMILES string of the molecule is CCOc1ccc(Br)cc1[C@@H]1CN(C)[C@]2(C(=O)Nc3ccccc32)[C@@H]1[N+](=O)[O-]. The van der Waals surface area contributed by atoms with Crippen LogP contribution < -0.4 is 10.1 Å². The largest absolute Gasteiger partial charge is 0.494 e. The number of likely N-dealkylation sites (N-methyl/N-ethyl adjacent to an activating group) is 1. The van der Waals surface area contributed by atoms with Gasteiger partial charge in [0.05, 0.1) is 12.5 Å². The van der Waals surface area contributed by atoms with Crippen LogP contribution in [0.5, 0.6) is 5.75 Å². The molecule has 1 spiro atoms. The highest BCUT2D eigenvalue weighted by Crippen LogP contribution is 2.53. The summed E-state index contributed by atoms with van der Waals surface area (Å²) in [5.74, 6) is -0.246. The summed E-state index contributed by atoms with van der Waals surface area (Å²) in [7, 11) is 1.77. The Morgan fingerprint density at radius 3 is 2.82 bits per heavy atom. The van der Waals surface area contributed by atoms with Gasteiger partial charge in [0.15, 0.2) is 5.54 Å². The number of para-hydroxylation sites is 1. The first kappa shape index (κ1) is 18.9. The van der Waals surface area contributed by atoms with E-state index >= 15 is 0 Å². The van der Waals surface area contributed by atoms with Crippen LogP contribution in [-0.4, -0.2) is 42.0 Å². The number of benzene rings is 2. The number of fused-ring (bicyclic) bond motifs is 2. The average Bonchev–Trinajstić information content (AvgIpc) is 3.13. The van der Waals surface area contributed by atoms with Crippen molar-refractivity contribution in [3.05, 3.63) is 68.2 Å². The fourth-order valence-corrected chi connectivity index (χ4v) is 5.04. The highest BCUT2D eigenvalue weighted by Gasteiger charge is 2.68. The summed E-state index contributed by atoms with van der Waals surface area (Å²) in [4.78, 5) is 27.0. The summed E-state index contributed by atoms with van der Waals surface area (Å²) in [5, 5.41) is 15.2. The summed E-state index contributed by atoms with van der Waals surface area (Å²) in [6, 6.07) is 11.6. The number of carbonyl (C=O) groups excluding carboxylic acids is 1. The minimum absolute atomic E-state index is 0.313. The van der Waals surface area contributed by atoms with Gasteiger partial charge >= 0.3 is 0 Å². The van der Waals surface area contributed by atoms with E-state index in [9.17, 15) is 14.9 Å². The standard InChI is InChI=1S/C20H20BrN3O4/c1-3-28-17-9-8-12(21)10-13(17)14-11-23(2)20(18(14)24(26)27)15-6-4-5-7-16(15)22-19(20)25/h4-10,14,18H,3,11H2,1-2H3,(H,22,25)/t14-,18+,20-/m0/s1. The van der Waals surface area contributed by atoms with Crippen LogP contribution in [0.2, 0.25) is 0 Å². The monoisotopic (exact) mass is 445 g/mol. The minimum Gasteiger partial charge on any atom is -0.494 e. The molecule has 1 N–H and O–H groups in total. The van der Waals surface area contributed by atoms with Gasteiger partial charge in [0, 0.05) is 32.8 Å². The van der Waals surface area contributed by atoms with Crippen LogP contribution in [0.4, 0.5) is 5.69 Å². The topological polar surface area (TPSA) is 84.7 Å². The number of nitrogens with zero attached hydrogens (tertiary/aromatic N) is 2. The predicted molar refractivity (Wildman–Crippen MR) is 108 cm³/mol. The zero-order valence-electron chi connectivity index (χ0n) is 15.5. The molecule has 0 aromatic heterocycles. The lowest BCUT2D eigenvalue weighted by Crippen LogP contribution is -2.54. The molecule has 2 aromatic rings. The number of rotatable bonds is 4. The zero-order valence-corrected chi connectivity index (χ0v) is 17.1. The Morgan fingerprint density at radius 2 is 2.11 bits per heavy atom. The number of halogens is 1. The molecule has 8 heteroatoms. The van der Waals surface area contributed by atoms with Crippen LogP contribution in [0.15, 0.2) is 46.9 Å². The van der Waals surface area contributed by atoms with Gasteiger partial charge in [-0.15, -0.1) is 0 Å². The Labute approximate surface area is 171 Å². The molecule has 0 unspecified atom stereocenters. The van der Waals surface area contributed by atoms with E-state index in [1.807, 2.05) is 42.2 Å². The maximum Gasteiger partial charge on any atom is 0.256 e. The van der Waals surface area contributed by atoms with Crippen molar-refractivity contribution in [3.63, 3.8) is 0 Å². The molecule has 2 heterocycles. The van der Waals surface area contributed by atoms with Crippen molar-refractivity contribution in [3.8, 4) is 5.75 Å². The van der Waals surface area contributed by atoms with Crippen molar-refractivity contribution in [2.24, 2.45) is 0 Å². The van der Waals surface area contributed by atoms with Crippen molar-refractivity contribution < 1.29 is 14.5 Å². The molecule has 0 saturated carbocycles. The molecular formula is C20H20BrN3O4. The van der Waals surface area contributed by atoms with Crippen molar-refractivity contribution in [2.45, 2.75) is 24.4 Å². The number of ether oxygens (including phenoxy) is 1. The van der Waals surface area contributed by atoms with Crippen LogP contribution in [0.3, 0.4) is 0 Å². The van der Waals surface area contributed by atoms with E-state index in [4.69, 9.17) is 4.74 Å². The highest BCUT2D eigenvalue weighted by molar-refractivity contribution is 9.10. The molecule has 0 aliphatic carbocycles. The first-order valence-corrected chi connectivity index (χ1v) is 9.88. The molecule has 4 rings (SSSR count). The molecule has 1 saturated heterocycles. The van der Waals surface area contributed by atoms with E-state index in [0.29, 0.717) is 30.2 Å². The normalized spacial score (nSPS) is 26.3. The van der Waals surface area contributed by atoms with Crippen LogP contribution in [0.25, 0.3) is 0 Å². The van der Waals surface area contributed by atoms with E-state index in [0.717, 1.165) is 10.0 Å². The molecule has 3 atom stereocenters. The number of nitrogens with one attached hydrogen (secondary N) is 1. The van der Waals surface area contributed by atoms with E-state index in [1.54, 1.807) is 19.2 Å². The van der Waals surface area contributed by atoms with Crippen molar-refractivity contribution in [1.29, 1.82) is 0 Å². The molecule has 1 amide bonds. The quantitative estimate of drug-likeness (QED) is 0.575. The Bertz CT molecular complexity index is 966. The summed E-state index contributed by atoms with van der Waals surface area (Å²) in [6.45, 7) is 2.69. The molecular weight excluding hydrogens is 426 g/mol. The Hall–Kier alpha value is -2.45. The Kier molecular flexibility index (Phi) is 4.63. The van der Waals surface area contributed by atoms with E-state index in [1.165, 1.54) is 0 Å². The third-order valence-electron chi connectivity index (χ3n) is 5.71. The predicted octanol–water partition coefficient (Wildman–Crippen LogP) is 3.37. The summed E-state index contributed by atoms with van der Waals surface area (Å²) in [5.41, 5.74) is 0.668. The van der Waals surface area contributed by atoms with Crippen LogP contribution >= 0.6 is 15.9 Å². The average molecular weight is 446 g/mol. The second kappa shape index (κ2) is 6.86. The summed E-state index contributed by atoms with van der Waals surface area (Å²) < 4.78 is 6.57. The van der Waals surface area contributed by atoms with Gasteiger partial charge in [0.1, 0.15) is 5.75 Å². The summed E-state index contributed by atoms with van der Waals surface area (Å²) >= 11 is 3.46. The maximum absolute atomic E-state index is 13.1. The van der Waals surface area contributed by atoms with Gasteiger partial charge in [-0.05, 0) is 38.2 Å². The second-order valence-electron chi connectivity index (χ2n) is 7.10. The Balaban J connectivity index is 1.91. The number of carbonyl (C=O) groups is 1. The van der Waals surface area contributed by atoms with E-state index < -0.39 is 17.5 Å². The number of likely N-dealkylation sites (tertiary alicyclic amines) is 1. The highest BCUT2D eigenvalue weighted by atomic mass is 79.9. The molecule has 2 aromatic carbocycles. The maximum atomic E-state index is 13.1. The third kappa shape index (κ3) is 2.55. The lowest BCUT2D eigenvalue weighted by molar-refractivity contribution is -0.534. The van der Waals surface area contributed by atoms with Crippen LogP contribution in [-0.2, 0) is 10.3 Å². The van der Waals surface area contributed by atoms with Crippen molar-refractivity contribution >= 4 is 27.5 Å². The summed E-state index contributed by atoms with van der Waals surface area (Å²) in [6.07, 6.45) is 0. The zero-order chi connectivity index (χ0) is 20.1. The second-order valence-corrected chi connectivity index (χ2v) is 8.01. The molecule has 2 aliphatic rings. The third-order valence-corrected chi connectivity index (χ3v) is 6.21. The number of hydrogen-bond donors (Lipinski definition) is 1. The van der Waals surface area contributed by atoms with E-state index in [-0.39, 0.29) is 10.8 Å². The number of hydrogen-bond acceptors (Lipinski definition) is 5. The molecule has 146 valence electrons. The fraction of sp³-hybridized carbons (Fsp3) is 0.350. The minimum atomic E-state index is -1.35. The van der Waals surface area contributed by atoms with Crippen LogP contribution in [0, 0.1) is 10.1 Å². The van der Waals surface area contributed by atoms with Crippen LogP contribution in [0.1, 0.15) is 24.0 Å². The fourth-order valence-electron chi connectivity index (χ4n) is 4.66. The van der Waals surface area contributed by atoms with E-state index in [2.05, 4.69) is 21.2 Å².